The first-order chi connectivity index (χ1) is 7.55. The summed E-state index contributed by atoms with van der Waals surface area (Å²) < 4.78 is 0. The normalized spacial score (nSPS) is 17.2. The zero-order valence-electron chi connectivity index (χ0n) is 9.33. The minimum Gasteiger partial charge on any atom is -0.351 e. The molecule has 0 fully saturated rings. The van der Waals surface area contributed by atoms with Gasteiger partial charge in [-0.05, 0) is 37.1 Å². The molecule has 4 heteroatoms. The first-order valence-electron chi connectivity index (χ1n) is 5.17. The number of nitrogens with one attached hydrogen (secondary N) is 2. The molecule has 0 radical (unpaired) electrons. The van der Waals surface area contributed by atoms with Gasteiger partial charge in [-0.2, -0.15) is 0 Å². The monoisotopic (exact) mass is 218 g/mol. The van der Waals surface area contributed by atoms with E-state index < -0.39 is 5.41 Å². The van der Waals surface area contributed by atoms with E-state index in [1.807, 2.05) is 32.0 Å². The molecule has 0 atom stereocenters. The van der Waals surface area contributed by atoms with Crippen molar-refractivity contribution in [2.45, 2.75) is 25.8 Å². The Bertz CT molecular complexity index is 452. The van der Waals surface area contributed by atoms with E-state index in [0.717, 1.165) is 16.8 Å². The molecule has 1 heterocycles. The smallest absolute Gasteiger partial charge is 0.230 e. The van der Waals surface area contributed by atoms with Crippen LogP contribution in [0, 0.1) is 0 Å². The van der Waals surface area contributed by atoms with E-state index in [9.17, 15) is 9.59 Å². The second kappa shape index (κ2) is 3.63. The Kier molecular flexibility index (Phi) is 2.42. The van der Waals surface area contributed by atoms with Gasteiger partial charge in [0.05, 0.1) is 5.41 Å². The van der Waals surface area contributed by atoms with Gasteiger partial charge in [-0.3, -0.25) is 9.59 Å². The molecule has 0 aliphatic carbocycles. The van der Waals surface area contributed by atoms with Gasteiger partial charge in [-0.1, -0.05) is 6.07 Å². The molecule has 0 spiro atoms. The standard InChI is InChI=1S/C12H14N2O2/c1-12(2)10-5-9(14-7-15)4-3-8(10)6-13-11(12)16/h3-5,7H,6H2,1-2H3,(H,13,16)(H,14,15). The van der Waals surface area contributed by atoms with Gasteiger partial charge in [-0.25, -0.2) is 0 Å². The fourth-order valence-electron chi connectivity index (χ4n) is 1.99. The quantitative estimate of drug-likeness (QED) is 0.732. The minimum atomic E-state index is -0.547. The molecule has 84 valence electrons. The molecular weight excluding hydrogens is 204 g/mol. The Morgan fingerprint density at radius 2 is 2.19 bits per heavy atom. The number of anilines is 1. The topological polar surface area (TPSA) is 58.2 Å². The third-order valence-electron chi connectivity index (χ3n) is 3.02. The third kappa shape index (κ3) is 1.56. The average Bonchev–Trinajstić information content (AvgIpc) is 2.25. The predicted molar refractivity (Wildman–Crippen MR) is 61.0 cm³/mol. The molecule has 2 amide bonds. The van der Waals surface area contributed by atoms with Crippen molar-refractivity contribution in [3.05, 3.63) is 29.3 Å². The van der Waals surface area contributed by atoms with Crippen LogP contribution in [0.2, 0.25) is 0 Å². The molecule has 0 bridgehead atoms. The Balaban J connectivity index is 2.50. The van der Waals surface area contributed by atoms with Gasteiger partial charge < -0.3 is 10.6 Å². The number of carbonyl (C=O) groups excluding carboxylic acids is 2. The Morgan fingerprint density at radius 1 is 1.44 bits per heavy atom. The van der Waals surface area contributed by atoms with Crippen molar-refractivity contribution < 1.29 is 9.59 Å². The predicted octanol–water partition coefficient (Wildman–Crippen LogP) is 1.16. The van der Waals surface area contributed by atoms with E-state index in [0.29, 0.717) is 13.0 Å². The van der Waals surface area contributed by atoms with Gasteiger partial charge in [0.2, 0.25) is 12.3 Å². The molecule has 0 unspecified atom stereocenters. The van der Waals surface area contributed by atoms with Gasteiger partial charge >= 0.3 is 0 Å². The lowest BCUT2D eigenvalue weighted by Crippen LogP contribution is -2.44. The fraction of sp³-hybridized carbons (Fsp3) is 0.333. The number of fused-ring (bicyclic) bond motifs is 1. The van der Waals surface area contributed by atoms with Crippen LogP contribution in [-0.2, 0) is 21.5 Å². The first kappa shape index (κ1) is 10.7. The summed E-state index contributed by atoms with van der Waals surface area (Å²) in [5.41, 5.74) is 2.24. The number of rotatable bonds is 2. The molecule has 1 aromatic carbocycles. The second-order valence-electron chi connectivity index (χ2n) is 4.44. The van der Waals surface area contributed by atoms with Crippen LogP contribution in [0.1, 0.15) is 25.0 Å². The van der Waals surface area contributed by atoms with Crippen LogP contribution in [0.4, 0.5) is 5.69 Å². The highest BCUT2D eigenvalue weighted by Crippen LogP contribution is 2.32. The van der Waals surface area contributed by atoms with Crippen molar-refractivity contribution in [2.24, 2.45) is 0 Å². The minimum absolute atomic E-state index is 0.0169. The van der Waals surface area contributed by atoms with Crippen molar-refractivity contribution in [2.75, 3.05) is 5.32 Å². The summed E-state index contributed by atoms with van der Waals surface area (Å²) in [5.74, 6) is 0.0169. The first-order valence-corrected chi connectivity index (χ1v) is 5.17. The number of amides is 2. The highest BCUT2D eigenvalue weighted by molar-refractivity contribution is 5.90. The second-order valence-corrected chi connectivity index (χ2v) is 4.44. The molecule has 16 heavy (non-hydrogen) atoms. The van der Waals surface area contributed by atoms with Gasteiger partial charge in [0.25, 0.3) is 0 Å². The number of hydrogen-bond donors (Lipinski definition) is 2. The van der Waals surface area contributed by atoms with Crippen LogP contribution >= 0.6 is 0 Å². The van der Waals surface area contributed by atoms with Crippen molar-refractivity contribution >= 4 is 18.0 Å². The van der Waals surface area contributed by atoms with Gasteiger partial charge in [0.15, 0.2) is 0 Å². The lowest BCUT2D eigenvalue weighted by Gasteiger charge is -2.32. The Morgan fingerprint density at radius 3 is 2.88 bits per heavy atom. The maximum absolute atomic E-state index is 11.7. The van der Waals surface area contributed by atoms with Crippen LogP contribution < -0.4 is 10.6 Å². The van der Waals surface area contributed by atoms with E-state index in [-0.39, 0.29) is 5.91 Å². The SMILES string of the molecule is CC1(C)C(=O)NCc2ccc(NC=O)cc21. The fourth-order valence-corrected chi connectivity index (χ4v) is 1.99. The molecule has 0 aromatic heterocycles. The van der Waals surface area contributed by atoms with Crippen LogP contribution in [-0.4, -0.2) is 12.3 Å². The van der Waals surface area contributed by atoms with E-state index in [1.54, 1.807) is 0 Å². The van der Waals surface area contributed by atoms with Crippen LogP contribution in [0.5, 0.6) is 0 Å². The van der Waals surface area contributed by atoms with Crippen molar-refractivity contribution in [3.63, 3.8) is 0 Å². The lowest BCUT2D eigenvalue weighted by atomic mass is 9.78. The summed E-state index contributed by atoms with van der Waals surface area (Å²) in [7, 11) is 0. The maximum atomic E-state index is 11.7. The molecule has 1 aromatic rings. The highest BCUT2D eigenvalue weighted by atomic mass is 16.2. The van der Waals surface area contributed by atoms with Crippen molar-refractivity contribution in [1.29, 1.82) is 0 Å². The zero-order chi connectivity index (χ0) is 11.8. The van der Waals surface area contributed by atoms with Crippen molar-refractivity contribution in [3.8, 4) is 0 Å². The Hall–Kier alpha value is -1.84. The van der Waals surface area contributed by atoms with E-state index in [1.165, 1.54) is 0 Å². The van der Waals surface area contributed by atoms with Crippen molar-refractivity contribution in [1.82, 2.24) is 5.32 Å². The van der Waals surface area contributed by atoms with Gasteiger partial charge in [0, 0.05) is 12.2 Å². The number of hydrogen-bond acceptors (Lipinski definition) is 2. The summed E-state index contributed by atoms with van der Waals surface area (Å²) in [6, 6.07) is 5.63. The summed E-state index contributed by atoms with van der Waals surface area (Å²) >= 11 is 0. The lowest BCUT2D eigenvalue weighted by molar-refractivity contribution is -0.126. The number of benzene rings is 1. The third-order valence-corrected chi connectivity index (χ3v) is 3.02. The molecular formula is C12H14N2O2. The molecule has 0 saturated heterocycles. The van der Waals surface area contributed by atoms with Gasteiger partial charge in [0.1, 0.15) is 0 Å². The van der Waals surface area contributed by atoms with Crippen LogP contribution in [0.15, 0.2) is 18.2 Å². The zero-order valence-corrected chi connectivity index (χ0v) is 9.33. The largest absolute Gasteiger partial charge is 0.351 e. The van der Waals surface area contributed by atoms with Gasteiger partial charge in [-0.15, -0.1) is 0 Å². The van der Waals surface area contributed by atoms with Crippen LogP contribution in [0.3, 0.4) is 0 Å². The average molecular weight is 218 g/mol. The summed E-state index contributed by atoms with van der Waals surface area (Å²) in [6.45, 7) is 4.31. The number of carbonyl (C=O) groups is 2. The molecule has 1 aliphatic heterocycles. The van der Waals surface area contributed by atoms with Crippen LogP contribution in [0.25, 0.3) is 0 Å². The van der Waals surface area contributed by atoms with E-state index in [2.05, 4.69) is 10.6 Å². The molecule has 4 nitrogen and oxygen atoms in total. The summed E-state index contributed by atoms with van der Waals surface area (Å²) in [5, 5.41) is 5.45. The van der Waals surface area contributed by atoms with E-state index >= 15 is 0 Å². The molecule has 2 rings (SSSR count). The summed E-state index contributed by atoms with van der Waals surface area (Å²) in [4.78, 5) is 22.1. The maximum Gasteiger partial charge on any atom is 0.230 e. The molecule has 2 N–H and O–H groups in total. The summed E-state index contributed by atoms with van der Waals surface area (Å²) in [6.07, 6.45) is 0.637. The Labute approximate surface area is 94.0 Å². The molecule has 1 aliphatic rings. The molecule has 0 saturated carbocycles. The van der Waals surface area contributed by atoms with E-state index in [4.69, 9.17) is 0 Å². The highest BCUT2D eigenvalue weighted by Gasteiger charge is 2.35.